The SMILES string of the molecule is CCCOC(CO)N(C)C. The van der Waals surface area contributed by atoms with Gasteiger partial charge in [0.1, 0.15) is 6.23 Å². The molecule has 0 aromatic rings. The summed E-state index contributed by atoms with van der Waals surface area (Å²) in [6.07, 6.45) is 0.851. The number of rotatable bonds is 5. The van der Waals surface area contributed by atoms with Gasteiger partial charge in [-0.15, -0.1) is 0 Å². The lowest BCUT2D eigenvalue weighted by molar-refractivity contribution is -0.0660. The van der Waals surface area contributed by atoms with Crippen LogP contribution in [0.1, 0.15) is 13.3 Å². The van der Waals surface area contributed by atoms with Crippen molar-refractivity contribution in [1.82, 2.24) is 4.90 Å². The van der Waals surface area contributed by atoms with Crippen molar-refractivity contribution in [2.24, 2.45) is 0 Å². The first-order valence-corrected chi connectivity index (χ1v) is 3.61. The average Bonchev–Trinajstić information content (AvgIpc) is 1.89. The van der Waals surface area contributed by atoms with Crippen LogP contribution >= 0.6 is 0 Å². The second-order valence-electron chi connectivity index (χ2n) is 2.47. The minimum Gasteiger partial charge on any atom is -0.392 e. The van der Waals surface area contributed by atoms with Crippen LogP contribution in [0.25, 0.3) is 0 Å². The molecule has 0 aliphatic heterocycles. The molecule has 0 saturated carbocycles. The summed E-state index contributed by atoms with van der Waals surface area (Å²) in [6.45, 7) is 2.82. The summed E-state index contributed by atoms with van der Waals surface area (Å²) < 4.78 is 5.28. The third kappa shape index (κ3) is 3.82. The van der Waals surface area contributed by atoms with Crippen molar-refractivity contribution >= 4 is 0 Å². The summed E-state index contributed by atoms with van der Waals surface area (Å²) in [6, 6.07) is 0. The smallest absolute Gasteiger partial charge is 0.133 e. The summed E-state index contributed by atoms with van der Waals surface area (Å²) in [4.78, 5) is 1.86. The minimum atomic E-state index is -0.139. The zero-order valence-corrected chi connectivity index (χ0v) is 7.00. The fourth-order valence-electron chi connectivity index (χ4n) is 0.619. The maximum atomic E-state index is 8.76. The van der Waals surface area contributed by atoms with Crippen LogP contribution in [-0.2, 0) is 4.74 Å². The van der Waals surface area contributed by atoms with Crippen molar-refractivity contribution in [3.8, 4) is 0 Å². The molecule has 0 spiro atoms. The number of likely N-dealkylation sites (N-methyl/N-ethyl adjacent to an activating group) is 1. The van der Waals surface area contributed by atoms with Gasteiger partial charge in [0, 0.05) is 6.61 Å². The molecular formula is C7H17NO2. The molecule has 0 saturated heterocycles. The number of nitrogens with zero attached hydrogens (tertiary/aromatic N) is 1. The normalized spacial score (nSPS) is 14.1. The highest BCUT2D eigenvalue weighted by molar-refractivity contribution is 4.49. The van der Waals surface area contributed by atoms with Crippen LogP contribution in [0, 0.1) is 0 Å². The largest absolute Gasteiger partial charge is 0.392 e. The van der Waals surface area contributed by atoms with Gasteiger partial charge in [-0.3, -0.25) is 4.90 Å². The Hall–Kier alpha value is -0.120. The van der Waals surface area contributed by atoms with E-state index in [0.29, 0.717) is 6.61 Å². The Morgan fingerprint density at radius 2 is 2.10 bits per heavy atom. The van der Waals surface area contributed by atoms with Gasteiger partial charge in [-0.25, -0.2) is 0 Å². The first kappa shape index (κ1) is 9.88. The average molecular weight is 147 g/mol. The predicted molar refractivity (Wildman–Crippen MR) is 40.8 cm³/mol. The third-order valence-corrected chi connectivity index (χ3v) is 1.25. The third-order valence-electron chi connectivity index (χ3n) is 1.25. The maximum Gasteiger partial charge on any atom is 0.133 e. The number of ether oxygens (including phenoxy) is 1. The zero-order valence-electron chi connectivity index (χ0n) is 7.00. The number of aliphatic hydroxyl groups is 1. The Bertz CT molecular complexity index is 76.0. The van der Waals surface area contributed by atoms with Gasteiger partial charge in [0.05, 0.1) is 6.61 Å². The van der Waals surface area contributed by atoms with Crippen LogP contribution in [0.5, 0.6) is 0 Å². The molecular weight excluding hydrogens is 130 g/mol. The number of aliphatic hydroxyl groups excluding tert-OH is 1. The van der Waals surface area contributed by atoms with E-state index in [1.165, 1.54) is 0 Å². The van der Waals surface area contributed by atoms with Gasteiger partial charge in [0.25, 0.3) is 0 Å². The fourth-order valence-corrected chi connectivity index (χ4v) is 0.619. The van der Waals surface area contributed by atoms with Gasteiger partial charge in [0.15, 0.2) is 0 Å². The van der Waals surface area contributed by atoms with Crippen molar-refractivity contribution in [3.05, 3.63) is 0 Å². The second kappa shape index (κ2) is 5.65. The van der Waals surface area contributed by atoms with E-state index in [1.807, 2.05) is 25.9 Å². The predicted octanol–water partition coefficient (Wildman–Crippen LogP) is 0.293. The summed E-state index contributed by atoms with van der Waals surface area (Å²) in [5.74, 6) is 0. The van der Waals surface area contributed by atoms with E-state index >= 15 is 0 Å². The van der Waals surface area contributed by atoms with Gasteiger partial charge in [-0.05, 0) is 20.5 Å². The summed E-state index contributed by atoms with van der Waals surface area (Å²) in [7, 11) is 3.77. The number of hydrogen-bond acceptors (Lipinski definition) is 3. The molecule has 0 radical (unpaired) electrons. The molecule has 0 aliphatic rings. The van der Waals surface area contributed by atoms with Crippen molar-refractivity contribution in [2.75, 3.05) is 27.3 Å². The van der Waals surface area contributed by atoms with Gasteiger partial charge >= 0.3 is 0 Å². The lowest BCUT2D eigenvalue weighted by Gasteiger charge is -2.21. The molecule has 0 aromatic carbocycles. The lowest BCUT2D eigenvalue weighted by Crippen LogP contribution is -2.34. The summed E-state index contributed by atoms with van der Waals surface area (Å²) in [5.41, 5.74) is 0. The Kier molecular flexibility index (Phi) is 5.58. The molecule has 3 nitrogen and oxygen atoms in total. The first-order chi connectivity index (χ1) is 4.72. The molecule has 1 N–H and O–H groups in total. The summed E-state index contributed by atoms with van der Waals surface area (Å²) in [5, 5.41) is 8.76. The molecule has 1 unspecified atom stereocenters. The lowest BCUT2D eigenvalue weighted by atomic mass is 10.5. The maximum absolute atomic E-state index is 8.76. The molecule has 3 heteroatoms. The Morgan fingerprint density at radius 1 is 1.50 bits per heavy atom. The van der Waals surface area contributed by atoms with Crippen LogP contribution in [0.2, 0.25) is 0 Å². The van der Waals surface area contributed by atoms with Crippen molar-refractivity contribution in [1.29, 1.82) is 0 Å². The highest BCUT2D eigenvalue weighted by Gasteiger charge is 2.07. The van der Waals surface area contributed by atoms with Crippen molar-refractivity contribution < 1.29 is 9.84 Å². The monoisotopic (exact) mass is 147 g/mol. The highest BCUT2D eigenvalue weighted by atomic mass is 16.5. The summed E-state index contributed by atoms with van der Waals surface area (Å²) >= 11 is 0. The molecule has 10 heavy (non-hydrogen) atoms. The fraction of sp³-hybridized carbons (Fsp3) is 1.00. The molecule has 1 atom stereocenters. The van der Waals surface area contributed by atoms with Crippen molar-refractivity contribution in [3.63, 3.8) is 0 Å². The van der Waals surface area contributed by atoms with E-state index in [9.17, 15) is 0 Å². The van der Waals surface area contributed by atoms with Gasteiger partial charge in [-0.2, -0.15) is 0 Å². The molecule has 0 fully saturated rings. The van der Waals surface area contributed by atoms with Crippen LogP contribution in [0.4, 0.5) is 0 Å². The molecule has 0 aromatic heterocycles. The second-order valence-corrected chi connectivity index (χ2v) is 2.47. The zero-order chi connectivity index (χ0) is 7.98. The molecule has 0 bridgehead atoms. The minimum absolute atomic E-state index is 0.0625. The molecule has 0 rings (SSSR count). The van der Waals surface area contributed by atoms with E-state index in [2.05, 4.69) is 0 Å². The highest BCUT2D eigenvalue weighted by Crippen LogP contribution is 1.94. The van der Waals surface area contributed by atoms with Gasteiger partial charge in [-0.1, -0.05) is 6.92 Å². The van der Waals surface area contributed by atoms with Crippen molar-refractivity contribution in [2.45, 2.75) is 19.6 Å². The molecule has 0 aliphatic carbocycles. The van der Waals surface area contributed by atoms with E-state index < -0.39 is 0 Å². The Morgan fingerprint density at radius 3 is 2.40 bits per heavy atom. The van der Waals surface area contributed by atoms with Crippen LogP contribution < -0.4 is 0 Å². The van der Waals surface area contributed by atoms with Gasteiger partial charge < -0.3 is 9.84 Å². The first-order valence-electron chi connectivity index (χ1n) is 3.61. The quantitative estimate of drug-likeness (QED) is 0.567. The molecule has 0 heterocycles. The Labute approximate surface area is 62.6 Å². The van der Waals surface area contributed by atoms with Gasteiger partial charge in [0.2, 0.25) is 0 Å². The van der Waals surface area contributed by atoms with Crippen LogP contribution in [0.3, 0.4) is 0 Å². The van der Waals surface area contributed by atoms with Crippen LogP contribution in [0.15, 0.2) is 0 Å². The molecule has 62 valence electrons. The van der Waals surface area contributed by atoms with E-state index in [-0.39, 0.29) is 12.8 Å². The molecule has 0 amide bonds. The van der Waals surface area contributed by atoms with E-state index in [4.69, 9.17) is 9.84 Å². The van der Waals surface area contributed by atoms with E-state index in [0.717, 1.165) is 6.42 Å². The topological polar surface area (TPSA) is 32.7 Å². The van der Waals surface area contributed by atoms with Crippen LogP contribution in [-0.4, -0.2) is 43.5 Å². The van der Waals surface area contributed by atoms with E-state index in [1.54, 1.807) is 0 Å². The Balaban J connectivity index is 3.40. The standard InChI is InChI=1S/C7H17NO2/c1-4-5-10-7(6-9)8(2)3/h7,9H,4-6H2,1-3H3. The number of hydrogen-bond donors (Lipinski definition) is 1.